The van der Waals surface area contributed by atoms with E-state index in [9.17, 15) is 0 Å². The van der Waals surface area contributed by atoms with E-state index in [2.05, 4.69) is 20.4 Å². The first-order valence-electron chi connectivity index (χ1n) is 4.42. The van der Waals surface area contributed by atoms with Crippen LogP contribution in [0.1, 0.15) is 33.1 Å². The highest BCUT2D eigenvalue weighted by Crippen LogP contribution is 2.27. The first-order valence-corrected chi connectivity index (χ1v) is 4.42. The summed E-state index contributed by atoms with van der Waals surface area (Å²) in [5, 5.41) is 9.17. The summed E-state index contributed by atoms with van der Waals surface area (Å²) in [4.78, 5) is 0. The lowest BCUT2D eigenvalue weighted by molar-refractivity contribution is 0.420. The molecule has 0 unspecified atom stereocenters. The fourth-order valence-electron chi connectivity index (χ4n) is 1.60. The van der Waals surface area contributed by atoms with Crippen LogP contribution in [0.4, 0.5) is 0 Å². The third-order valence-corrected chi connectivity index (χ3v) is 2.44. The van der Waals surface area contributed by atoms with E-state index >= 15 is 0 Å². The number of hydrogen-bond acceptors (Lipinski definition) is 1. The molecule has 1 N–H and O–H groups in total. The van der Waals surface area contributed by atoms with Gasteiger partial charge in [-0.3, -0.25) is 0 Å². The second kappa shape index (κ2) is 3.61. The van der Waals surface area contributed by atoms with Crippen molar-refractivity contribution in [1.82, 2.24) is 0 Å². The number of rotatable bonds is 2. The van der Waals surface area contributed by atoms with Crippen LogP contribution in [0.5, 0.6) is 0 Å². The van der Waals surface area contributed by atoms with E-state index < -0.39 is 0 Å². The van der Waals surface area contributed by atoms with Crippen LogP contribution in [-0.4, -0.2) is 5.11 Å². The third-order valence-electron chi connectivity index (χ3n) is 2.44. The summed E-state index contributed by atoms with van der Waals surface area (Å²) in [6, 6.07) is 0. The first-order chi connectivity index (χ1) is 5.65. The highest BCUT2D eigenvalue weighted by atomic mass is 16.3. The first kappa shape index (κ1) is 9.11. The van der Waals surface area contributed by atoms with E-state index in [1.165, 1.54) is 11.1 Å². The molecule has 1 aliphatic rings. The van der Waals surface area contributed by atoms with E-state index in [1.807, 2.05) is 6.08 Å². The van der Waals surface area contributed by atoms with Gasteiger partial charge in [0.2, 0.25) is 0 Å². The Bertz CT molecular complexity index is 256. The molecule has 0 aromatic carbocycles. The lowest BCUT2D eigenvalue weighted by atomic mass is 9.91. The number of aliphatic hydroxyl groups excluding tert-OH is 1. The van der Waals surface area contributed by atoms with Crippen LogP contribution in [0, 0.1) is 0 Å². The zero-order chi connectivity index (χ0) is 9.14. The summed E-state index contributed by atoms with van der Waals surface area (Å²) in [6.45, 7) is 7.80. The van der Waals surface area contributed by atoms with Crippen LogP contribution in [-0.2, 0) is 0 Å². The maximum Gasteiger partial charge on any atom is 0.111 e. The molecule has 66 valence electrons. The molecule has 0 aliphatic heterocycles. The molecule has 1 heteroatoms. The van der Waals surface area contributed by atoms with Crippen LogP contribution in [0.15, 0.2) is 35.1 Å². The van der Waals surface area contributed by atoms with Gasteiger partial charge in [0.1, 0.15) is 5.76 Å². The fraction of sp³-hybridized carbons (Fsp3) is 0.455. The Morgan fingerprint density at radius 2 is 2.25 bits per heavy atom. The molecule has 0 spiro atoms. The average Bonchev–Trinajstić information content (AvgIpc) is 2.04. The van der Waals surface area contributed by atoms with Crippen molar-refractivity contribution in [2.24, 2.45) is 0 Å². The Morgan fingerprint density at radius 3 is 2.67 bits per heavy atom. The Labute approximate surface area is 74.1 Å². The summed E-state index contributed by atoms with van der Waals surface area (Å²) >= 11 is 0. The molecule has 0 saturated heterocycles. The molecule has 0 radical (unpaired) electrons. The molecule has 0 fully saturated rings. The van der Waals surface area contributed by atoms with Crippen LogP contribution >= 0.6 is 0 Å². The van der Waals surface area contributed by atoms with Crippen LogP contribution < -0.4 is 0 Å². The van der Waals surface area contributed by atoms with Crippen molar-refractivity contribution < 1.29 is 5.11 Å². The Kier molecular flexibility index (Phi) is 2.74. The lowest BCUT2D eigenvalue weighted by Gasteiger charge is -2.16. The summed E-state index contributed by atoms with van der Waals surface area (Å²) in [5.41, 5.74) is 3.79. The van der Waals surface area contributed by atoms with Crippen molar-refractivity contribution in [3.8, 4) is 0 Å². The van der Waals surface area contributed by atoms with E-state index in [0.29, 0.717) is 0 Å². The van der Waals surface area contributed by atoms with Gasteiger partial charge >= 0.3 is 0 Å². The van der Waals surface area contributed by atoms with Gasteiger partial charge in [-0.15, -0.1) is 0 Å². The number of allylic oxidation sites excluding steroid dienone is 4. The van der Waals surface area contributed by atoms with Gasteiger partial charge in [-0.2, -0.15) is 0 Å². The predicted octanol–water partition coefficient (Wildman–Crippen LogP) is 3.50. The lowest BCUT2D eigenvalue weighted by Crippen LogP contribution is -1.98. The van der Waals surface area contributed by atoms with Gasteiger partial charge in [-0.1, -0.05) is 30.7 Å². The van der Waals surface area contributed by atoms with E-state index in [0.717, 1.165) is 24.8 Å². The minimum Gasteiger partial charge on any atom is -0.508 e. The minimum absolute atomic E-state index is 0.226. The Morgan fingerprint density at radius 1 is 1.58 bits per heavy atom. The maximum atomic E-state index is 9.17. The molecule has 1 nitrogen and oxygen atoms in total. The second-order valence-corrected chi connectivity index (χ2v) is 3.26. The van der Waals surface area contributed by atoms with Crippen molar-refractivity contribution in [2.75, 3.05) is 0 Å². The quantitative estimate of drug-likeness (QED) is 0.619. The zero-order valence-electron chi connectivity index (χ0n) is 7.85. The molecule has 0 atom stereocenters. The number of hydrogen-bond donors (Lipinski definition) is 1. The molecule has 1 rings (SSSR count). The van der Waals surface area contributed by atoms with Crippen molar-refractivity contribution >= 4 is 0 Å². The minimum atomic E-state index is 0.226. The van der Waals surface area contributed by atoms with Gasteiger partial charge in [0, 0.05) is 0 Å². The molecule has 0 bridgehead atoms. The molecule has 0 saturated carbocycles. The summed E-state index contributed by atoms with van der Waals surface area (Å²) in [7, 11) is 0. The largest absolute Gasteiger partial charge is 0.508 e. The van der Waals surface area contributed by atoms with Crippen molar-refractivity contribution in [2.45, 2.75) is 33.1 Å². The topological polar surface area (TPSA) is 20.2 Å². The number of aliphatic hydroxyl groups is 1. The normalized spacial score (nSPS) is 17.7. The van der Waals surface area contributed by atoms with Crippen LogP contribution in [0.25, 0.3) is 0 Å². The predicted molar refractivity (Wildman–Crippen MR) is 52.1 cm³/mol. The van der Waals surface area contributed by atoms with E-state index in [1.54, 1.807) is 0 Å². The van der Waals surface area contributed by atoms with Gasteiger partial charge in [0.25, 0.3) is 0 Å². The van der Waals surface area contributed by atoms with E-state index in [-0.39, 0.29) is 5.76 Å². The highest BCUT2D eigenvalue weighted by Gasteiger charge is 2.10. The van der Waals surface area contributed by atoms with E-state index in [4.69, 9.17) is 5.11 Å². The SMILES string of the molecule is C=C(O)C1=CC(C)=C(CC)CC1. The summed E-state index contributed by atoms with van der Waals surface area (Å²) in [6.07, 6.45) is 5.18. The van der Waals surface area contributed by atoms with Crippen molar-refractivity contribution in [3.63, 3.8) is 0 Å². The Balaban J connectivity index is 2.88. The molecule has 0 aromatic heterocycles. The summed E-state index contributed by atoms with van der Waals surface area (Å²) < 4.78 is 0. The van der Waals surface area contributed by atoms with Gasteiger partial charge in [-0.05, 0) is 31.8 Å². The Hall–Kier alpha value is -0.980. The smallest absolute Gasteiger partial charge is 0.111 e. The molecule has 0 aromatic rings. The maximum absolute atomic E-state index is 9.17. The average molecular weight is 164 g/mol. The second-order valence-electron chi connectivity index (χ2n) is 3.26. The summed E-state index contributed by atoms with van der Waals surface area (Å²) in [5.74, 6) is 0.226. The highest BCUT2D eigenvalue weighted by molar-refractivity contribution is 5.38. The van der Waals surface area contributed by atoms with Crippen molar-refractivity contribution in [3.05, 3.63) is 35.1 Å². The monoisotopic (exact) mass is 164 g/mol. The molecular formula is C11H16O. The fourth-order valence-corrected chi connectivity index (χ4v) is 1.60. The van der Waals surface area contributed by atoms with Crippen LogP contribution in [0.2, 0.25) is 0 Å². The molecule has 0 heterocycles. The van der Waals surface area contributed by atoms with Gasteiger partial charge < -0.3 is 5.11 Å². The van der Waals surface area contributed by atoms with Gasteiger partial charge in [0.05, 0.1) is 0 Å². The molecule has 12 heavy (non-hydrogen) atoms. The standard InChI is InChI=1S/C11H16O/c1-4-10-5-6-11(9(3)12)7-8(10)2/h7,12H,3-6H2,1-2H3. The van der Waals surface area contributed by atoms with Gasteiger partial charge in [0.15, 0.2) is 0 Å². The molecule has 0 amide bonds. The zero-order valence-corrected chi connectivity index (χ0v) is 7.85. The molecular weight excluding hydrogens is 148 g/mol. The van der Waals surface area contributed by atoms with Gasteiger partial charge in [-0.25, -0.2) is 0 Å². The third kappa shape index (κ3) is 1.79. The van der Waals surface area contributed by atoms with Crippen molar-refractivity contribution in [1.29, 1.82) is 0 Å². The van der Waals surface area contributed by atoms with Crippen LogP contribution in [0.3, 0.4) is 0 Å². The molecule has 1 aliphatic carbocycles.